The molecule has 0 amide bonds. The van der Waals surface area contributed by atoms with Crippen molar-refractivity contribution in [3.8, 4) is 5.75 Å². The van der Waals surface area contributed by atoms with Gasteiger partial charge in [0.1, 0.15) is 5.75 Å². The van der Waals surface area contributed by atoms with E-state index >= 15 is 0 Å². The molecule has 1 aromatic rings. The number of piperazine rings is 1. The Morgan fingerprint density at radius 2 is 1.32 bits per heavy atom. The van der Waals surface area contributed by atoms with Crippen LogP contribution in [0.4, 0.5) is 0 Å². The Bertz CT molecular complexity index is 625. The number of nitrogens with zero attached hydrogens (tertiary/aromatic N) is 2. The summed E-state index contributed by atoms with van der Waals surface area (Å²) in [6.45, 7) is 12.1. The van der Waals surface area contributed by atoms with Gasteiger partial charge in [-0.25, -0.2) is 4.57 Å². The molecule has 214 valence electrons. The molecule has 1 fully saturated rings. The molecule has 1 aliphatic heterocycles. The van der Waals surface area contributed by atoms with Crippen LogP contribution in [0.5, 0.6) is 5.75 Å². The zero-order chi connectivity index (χ0) is 27.4. The Morgan fingerprint density at radius 3 is 1.84 bits per heavy atom. The van der Waals surface area contributed by atoms with Gasteiger partial charge in [-0.1, -0.05) is 110 Å². The molecule has 0 spiro atoms. The molecule has 1 aliphatic rings. The van der Waals surface area contributed by atoms with Crippen molar-refractivity contribution < 1.29 is 18.6 Å². The third-order valence-corrected chi connectivity index (χ3v) is 6.66. The van der Waals surface area contributed by atoms with Crippen LogP contribution in [0, 0.1) is 0 Å². The Hall–Kier alpha value is -1.49. The number of ether oxygens (including phenoxy) is 1. The van der Waals surface area contributed by atoms with Gasteiger partial charge < -0.3 is 19.1 Å². The maximum atomic E-state index is 11.8. The van der Waals surface area contributed by atoms with E-state index in [4.69, 9.17) is 4.74 Å². The summed E-state index contributed by atoms with van der Waals surface area (Å²) in [5.74, 6) is 0.598. The average Bonchev–Trinajstić information content (AvgIpc) is 2.93. The third kappa shape index (κ3) is 23.4. The van der Waals surface area contributed by atoms with Gasteiger partial charge in [0.2, 0.25) is 0 Å². The maximum Gasteiger partial charge on any atom is 0.395 e. The normalized spacial score (nSPS) is 13.7. The number of unbranched alkanes of at least 4 members (excludes halogenated alkanes) is 11. The van der Waals surface area contributed by atoms with Crippen molar-refractivity contribution in [1.29, 1.82) is 0 Å². The molecule has 0 atom stereocenters. The lowest BCUT2D eigenvalue weighted by molar-refractivity contribution is -0.144. The minimum atomic E-state index is -0.305. The van der Waals surface area contributed by atoms with Crippen LogP contribution in [-0.4, -0.2) is 62.1 Å². The first-order valence-corrected chi connectivity index (χ1v) is 15.5. The van der Waals surface area contributed by atoms with Crippen LogP contribution < -0.4 is 4.52 Å². The minimum Gasteiger partial charge on any atom is -0.466 e. The SMILES string of the molecule is CC.CCCCCCCCCCCCCCOC(=O)CCN1CCN(C)CC1.O=POc1ccccc1. The van der Waals surface area contributed by atoms with E-state index in [0.29, 0.717) is 18.8 Å². The van der Waals surface area contributed by atoms with Crippen LogP contribution in [0.1, 0.15) is 104 Å². The number of likely N-dealkylation sites (N-methyl/N-ethyl adjacent to an activating group) is 1. The van der Waals surface area contributed by atoms with Crippen LogP contribution in [0.25, 0.3) is 0 Å². The zero-order valence-corrected chi connectivity index (χ0v) is 25.2. The summed E-state index contributed by atoms with van der Waals surface area (Å²) >= 11 is 0. The Kier molecular flexibility index (Phi) is 26.4. The van der Waals surface area contributed by atoms with Gasteiger partial charge in [0.05, 0.1) is 13.0 Å². The lowest BCUT2D eigenvalue weighted by Gasteiger charge is -2.31. The van der Waals surface area contributed by atoms with Crippen LogP contribution in [-0.2, 0) is 14.1 Å². The van der Waals surface area contributed by atoms with Gasteiger partial charge in [0, 0.05) is 32.7 Å². The van der Waals surface area contributed by atoms with E-state index in [1.807, 2.05) is 32.0 Å². The second-order valence-electron chi connectivity index (χ2n) is 9.48. The predicted molar refractivity (Wildman–Crippen MR) is 157 cm³/mol. The van der Waals surface area contributed by atoms with Crippen molar-refractivity contribution in [2.45, 2.75) is 104 Å². The summed E-state index contributed by atoms with van der Waals surface area (Å²) in [7, 11) is 1.85. The van der Waals surface area contributed by atoms with E-state index in [-0.39, 0.29) is 14.7 Å². The lowest BCUT2D eigenvalue weighted by Crippen LogP contribution is -2.45. The summed E-state index contributed by atoms with van der Waals surface area (Å²) < 4.78 is 19.8. The van der Waals surface area contributed by atoms with E-state index in [1.165, 1.54) is 70.6 Å². The van der Waals surface area contributed by atoms with Crippen molar-refractivity contribution in [3.63, 3.8) is 0 Å². The molecule has 0 aromatic heterocycles. The monoisotopic (exact) mass is 538 g/mol. The molecule has 0 N–H and O–H groups in total. The Labute approximate surface area is 229 Å². The highest BCUT2D eigenvalue weighted by Crippen LogP contribution is 2.13. The quantitative estimate of drug-likeness (QED) is 0.107. The fourth-order valence-corrected chi connectivity index (χ4v) is 4.25. The van der Waals surface area contributed by atoms with Gasteiger partial charge >= 0.3 is 14.7 Å². The number of hydrogen-bond donors (Lipinski definition) is 0. The van der Waals surface area contributed by atoms with Crippen molar-refractivity contribution in [2.75, 3.05) is 46.4 Å². The van der Waals surface area contributed by atoms with Gasteiger partial charge in [0.25, 0.3) is 0 Å². The molecule has 1 saturated heterocycles. The summed E-state index contributed by atoms with van der Waals surface area (Å²) in [4.78, 5) is 16.5. The largest absolute Gasteiger partial charge is 0.466 e. The standard InChI is InChI=1S/C22H44N2O2.C6H5O2P.C2H6/c1-3-4-5-6-7-8-9-10-11-12-13-14-21-26-22(25)15-16-24-19-17-23(2)18-20-24;7-9-8-6-4-2-1-3-5-6;1-2/h3-21H2,1-2H3;1-5H;1-2H3. The first-order chi connectivity index (χ1) is 18.2. The highest BCUT2D eigenvalue weighted by Gasteiger charge is 2.14. The Morgan fingerprint density at radius 1 is 0.811 bits per heavy atom. The molecule has 37 heavy (non-hydrogen) atoms. The molecule has 2 rings (SSSR count). The summed E-state index contributed by atoms with van der Waals surface area (Å²) in [5.41, 5.74) is 0. The number of para-hydroxylation sites is 1. The number of carbonyl (C=O) groups is 1. The van der Waals surface area contributed by atoms with Crippen LogP contribution in [0.2, 0.25) is 0 Å². The highest BCUT2D eigenvalue weighted by atomic mass is 31.1. The second kappa shape index (κ2) is 27.5. The van der Waals surface area contributed by atoms with Gasteiger partial charge in [0.15, 0.2) is 0 Å². The fourth-order valence-electron chi connectivity index (χ4n) is 4.05. The molecule has 7 heteroatoms. The molecule has 0 aliphatic carbocycles. The summed E-state index contributed by atoms with van der Waals surface area (Å²) in [5, 5.41) is 0. The third-order valence-electron chi connectivity index (χ3n) is 6.37. The first kappa shape index (κ1) is 35.5. The van der Waals surface area contributed by atoms with Gasteiger partial charge in [-0.15, -0.1) is 0 Å². The average molecular weight is 539 g/mol. The van der Waals surface area contributed by atoms with E-state index < -0.39 is 0 Å². The maximum absolute atomic E-state index is 11.8. The van der Waals surface area contributed by atoms with Crippen molar-refractivity contribution >= 4 is 14.7 Å². The van der Waals surface area contributed by atoms with E-state index in [9.17, 15) is 9.36 Å². The van der Waals surface area contributed by atoms with E-state index in [1.54, 1.807) is 12.1 Å². The predicted octanol–water partition coefficient (Wildman–Crippen LogP) is 8.17. The molecule has 1 heterocycles. The Balaban J connectivity index is 0.000000977. The number of esters is 1. The van der Waals surface area contributed by atoms with E-state index in [2.05, 4.69) is 28.3 Å². The van der Waals surface area contributed by atoms with Gasteiger partial charge in [-0.2, -0.15) is 0 Å². The molecular weight excluding hydrogens is 483 g/mol. The molecule has 0 bridgehead atoms. The second-order valence-corrected chi connectivity index (χ2v) is 9.81. The summed E-state index contributed by atoms with van der Waals surface area (Å²) in [6, 6.07) is 8.99. The van der Waals surface area contributed by atoms with Gasteiger partial charge in [-0.05, 0) is 25.6 Å². The summed E-state index contributed by atoms with van der Waals surface area (Å²) in [6.07, 6.45) is 16.6. The van der Waals surface area contributed by atoms with Crippen molar-refractivity contribution in [3.05, 3.63) is 30.3 Å². The highest BCUT2D eigenvalue weighted by molar-refractivity contribution is 7.17. The number of rotatable bonds is 18. The fraction of sp³-hybridized carbons (Fsp3) is 0.767. The van der Waals surface area contributed by atoms with Crippen molar-refractivity contribution in [2.24, 2.45) is 0 Å². The molecular formula is C30H55N2O4P. The lowest BCUT2D eigenvalue weighted by atomic mass is 10.1. The molecule has 6 nitrogen and oxygen atoms in total. The van der Waals surface area contributed by atoms with Crippen LogP contribution in [0.3, 0.4) is 0 Å². The molecule has 0 unspecified atom stereocenters. The molecule has 0 saturated carbocycles. The van der Waals surface area contributed by atoms with Crippen molar-refractivity contribution in [1.82, 2.24) is 9.80 Å². The topological polar surface area (TPSA) is 59.1 Å². The smallest absolute Gasteiger partial charge is 0.395 e. The zero-order valence-electron chi connectivity index (χ0n) is 24.3. The number of carbonyl (C=O) groups excluding carboxylic acids is 1. The first-order valence-electron chi connectivity index (χ1n) is 14.8. The minimum absolute atomic E-state index is 0.0213. The van der Waals surface area contributed by atoms with Gasteiger partial charge in [-0.3, -0.25) is 4.79 Å². The van der Waals surface area contributed by atoms with E-state index in [0.717, 1.165) is 39.1 Å². The number of hydrogen-bond acceptors (Lipinski definition) is 6. The number of benzene rings is 1. The molecule has 1 aromatic carbocycles. The van der Waals surface area contributed by atoms with Crippen LogP contribution >= 0.6 is 8.69 Å². The molecule has 0 radical (unpaired) electrons. The van der Waals surface area contributed by atoms with Crippen LogP contribution in [0.15, 0.2) is 30.3 Å².